The van der Waals surface area contributed by atoms with Crippen LogP contribution in [0.2, 0.25) is 5.02 Å². The van der Waals surface area contributed by atoms with E-state index in [2.05, 4.69) is 10.3 Å². The number of Topliss-reactive ketones (excluding diaryl/α,β-unsaturated/α-hetero) is 2. The van der Waals surface area contributed by atoms with E-state index >= 15 is 0 Å². The number of aromatic amines is 1. The Balaban J connectivity index is 1.27. The topological polar surface area (TPSA) is 99.3 Å². The zero-order valence-electron chi connectivity index (χ0n) is 23.3. The zero-order chi connectivity index (χ0) is 28.7. The Bertz CT molecular complexity index is 1500. The number of likely N-dealkylation sites (tertiary alicyclic amines) is 1. The van der Waals surface area contributed by atoms with Crippen molar-refractivity contribution in [2.45, 2.75) is 70.4 Å². The van der Waals surface area contributed by atoms with Gasteiger partial charge in [0.1, 0.15) is 17.5 Å². The molecule has 1 saturated heterocycles. The minimum absolute atomic E-state index is 0.0575. The fourth-order valence-corrected chi connectivity index (χ4v) is 7.58. The fourth-order valence-electron chi connectivity index (χ4n) is 7.31. The minimum atomic E-state index is -0.708. The summed E-state index contributed by atoms with van der Waals surface area (Å²) in [4.78, 5) is 58.0. The molecule has 3 aromatic rings. The smallest absolute Gasteiger partial charge is 0.271 e. The second-order valence-electron chi connectivity index (χ2n) is 11.9. The Kier molecular flexibility index (Phi) is 7.73. The molecular weight excluding hydrogens is 538 g/mol. The zero-order valence-corrected chi connectivity index (χ0v) is 24.1. The summed E-state index contributed by atoms with van der Waals surface area (Å²) in [7, 11) is 0. The lowest BCUT2D eigenvalue weighted by atomic mass is 9.91. The first-order valence-electron chi connectivity index (χ1n) is 14.9. The lowest BCUT2D eigenvalue weighted by Crippen LogP contribution is -2.53. The number of aromatic nitrogens is 1. The maximum Gasteiger partial charge on any atom is 0.271 e. The van der Waals surface area contributed by atoms with Crippen molar-refractivity contribution in [3.8, 4) is 11.1 Å². The Morgan fingerprint density at radius 1 is 1.05 bits per heavy atom. The van der Waals surface area contributed by atoms with Crippen LogP contribution < -0.4 is 5.32 Å². The van der Waals surface area contributed by atoms with Crippen molar-refractivity contribution in [1.29, 1.82) is 0 Å². The van der Waals surface area contributed by atoms with Crippen molar-refractivity contribution in [1.82, 2.24) is 15.2 Å². The van der Waals surface area contributed by atoms with Crippen molar-refractivity contribution in [2.24, 2.45) is 17.8 Å². The van der Waals surface area contributed by atoms with Crippen molar-refractivity contribution < 1.29 is 19.2 Å². The first kappa shape index (κ1) is 27.7. The van der Waals surface area contributed by atoms with Crippen molar-refractivity contribution >= 4 is 45.9 Å². The molecule has 0 spiro atoms. The van der Waals surface area contributed by atoms with Crippen LogP contribution in [0.25, 0.3) is 22.0 Å². The normalized spacial score (nSPS) is 24.5. The van der Waals surface area contributed by atoms with Crippen LogP contribution in [-0.2, 0) is 14.4 Å². The highest BCUT2D eigenvalue weighted by Gasteiger charge is 2.50. The highest BCUT2D eigenvalue weighted by Crippen LogP contribution is 2.43. The lowest BCUT2D eigenvalue weighted by molar-refractivity contribution is -0.131. The van der Waals surface area contributed by atoms with Crippen LogP contribution in [0.1, 0.15) is 68.8 Å². The number of H-pyrrole nitrogens is 1. The molecular formula is C33H36ClN3O4. The summed E-state index contributed by atoms with van der Waals surface area (Å²) in [5.41, 5.74) is 3.13. The number of fused-ring (bicyclic) bond motifs is 2. The van der Waals surface area contributed by atoms with E-state index in [1.165, 1.54) is 0 Å². The summed E-state index contributed by atoms with van der Waals surface area (Å²) >= 11 is 6.66. The number of halogens is 1. The molecule has 8 heteroatoms. The van der Waals surface area contributed by atoms with Gasteiger partial charge in [-0.1, -0.05) is 55.3 Å². The SMILES string of the molecule is CCC(=O)C(CC1CCCC1=O)NC(=O)C1C2CCCC2CN1C(=O)c1cc2c(Cl)cc(-c3ccccc3)cc2[nH]1. The lowest BCUT2D eigenvalue weighted by Gasteiger charge is -2.29. The molecule has 41 heavy (non-hydrogen) atoms. The first-order valence-corrected chi connectivity index (χ1v) is 15.3. The van der Waals surface area contributed by atoms with Gasteiger partial charge in [-0.05, 0) is 73.3 Å². The van der Waals surface area contributed by atoms with E-state index in [1.54, 1.807) is 17.9 Å². The quantitative estimate of drug-likeness (QED) is 0.348. The Labute approximate surface area is 245 Å². The number of carbonyl (C=O) groups excluding carboxylic acids is 4. The van der Waals surface area contributed by atoms with Gasteiger partial charge in [-0.15, -0.1) is 0 Å². The highest BCUT2D eigenvalue weighted by molar-refractivity contribution is 6.36. The number of benzene rings is 2. The van der Waals surface area contributed by atoms with Gasteiger partial charge in [-0.25, -0.2) is 0 Å². The van der Waals surface area contributed by atoms with Gasteiger partial charge in [-0.3, -0.25) is 19.2 Å². The third-order valence-corrected chi connectivity index (χ3v) is 9.76. The molecule has 5 atom stereocenters. The molecule has 2 amide bonds. The van der Waals surface area contributed by atoms with Gasteiger partial charge in [0, 0.05) is 36.2 Å². The standard InChI is InChI=1S/C33H36ClN3O4/c1-2-29(38)27(15-20-10-7-13-30(20)39)36-32(40)31-23-12-6-11-21(23)18-37(31)33(41)28-17-24-25(34)14-22(16-26(24)35-28)19-8-4-3-5-9-19/h3-5,8-9,14,16-17,20-21,23,27,31,35H,2,6-7,10-13,15,18H2,1H3,(H,36,40). The van der Waals surface area contributed by atoms with Crippen molar-refractivity contribution in [3.05, 3.63) is 59.2 Å². The van der Waals surface area contributed by atoms with Crippen LogP contribution in [0.3, 0.4) is 0 Å². The highest BCUT2D eigenvalue weighted by atomic mass is 35.5. The van der Waals surface area contributed by atoms with E-state index in [-0.39, 0.29) is 47.6 Å². The van der Waals surface area contributed by atoms with Crippen LogP contribution in [0.5, 0.6) is 0 Å². The molecule has 3 fully saturated rings. The van der Waals surface area contributed by atoms with E-state index in [0.717, 1.165) is 54.1 Å². The van der Waals surface area contributed by atoms with E-state index in [1.807, 2.05) is 42.5 Å². The van der Waals surface area contributed by atoms with Crippen molar-refractivity contribution in [3.63, 3.8) is 0 Å². The minimum Gasteiger partial charge on any atom is -0.350 e. The Morgan fingerprint density at radius 3 is 2.59 bits per heavy atom. The summed E-state index contributed by atoms with van der Waals surface area (Å²) in [6.07, 6.45) is 5.64. The number of hydrogen-bond donors (Lipinski definition) is 2. The number of rotatable bonds is 8. The molecule has 6 rings (SSSR count). The maximum atomic E-state index is 14.0. The third kappa shape index (κ3) is 5.32. The average Bonchev–Trinajstić information content (AvgIpc) is 3.76. The van der Waals surface area contributed by atoms with Crippen LogP contribution in [0.4, 0.5) is 0 Å². The van der Waals surface area contributed by atoms with Crippen LogP contribution in [-0.4, -0.2) is 51.9 Å². The van der Waals surface area contributed by atoms with Gasteiger partial charge in [-0.2, -0.15) is 0 Å². The number of nitrogens with zero attached hydrogens (tertiary/aromatic N) is 1. The fraction of sp³-hybridized carbons (Fsp3) is 0.455. The van der Waals surface area contributed by atoms with Gasteiger partial charge in [0.2, 0.25) is 5.91 Å². The first-order chi connectivity index (χ1) is 19.8. The van der Waals surface area contributed by atoms with Gasteiger partial charge in [0.15, 0.2) is 5.78 Å². The van der Waals surface area contributed by atoms with Crippen LogP contribution >= 0.6 is 11.6 Å². The second-order valence-corrected chi connectivity index (χ2v) is 12.3. The molecule has 1 aliphatic heterocycles. The summed E-state index contributed by atoms with van der Waals surface area (Å²) in [6, 6.07) is 14.2. The summed E-state index contributed by atoms with van der Waals surface area (Å²) < 4.78 is 0. The summed E-state index contributed by atoms with van der Waals surface area (Å²) in [6.45, 7) is 2.29. The van der Waals surface area contributed by atoms with Gasteiger partial charge < -0.3 is 15.2 Å². The maximum absolute atomic E-state index is 14.0. The molecule has 2 N–H and O–H groups in total. The molecule has 2 aromatic carbocycles. The van der Waals surface area contributed by atoms with Gasteiger partial charge in [0.05, 0.1) is 11.1 Å². The molecule has 0 bridgehead atoms. The van der Waals surface area contributed by atoms with Gasteiger partial charge >= 0.3 is 0 Å². The van der Waals surface area contributed by atoms with E-state index < -0.39 is 12.1 Å². The molecule has 1 aromatic heterocycles. The molecule has 7 nitrogen and oxygen atoms in total. The van der Waals surface area contributed by atoms with E-state index in [4.69, 9.17) is 11.6 Å². The predicted molar refractivity (Wildman–Crippen MR) is 159 cm³/mol. The number of nitrogens with one attached hydrogen (secondary N) is 2. The largest absolute Gasteiger partial charge is 0.350 e. The Morgan fingerprint density at radius 2 is 1.85 bits per heavy atom. The Hall–Kier alpha value is -3.45. The molecule has 2 heterocycles. The number of carbonyl (C=O) groups is 4. The van der Waals surface area contributed by atoms with E-state index in [9.17, 15) is 19.2 Å². The summed E-state index contributed by atoms with van der Waals surface area (Å²) in [5, 5.41) is 4.30. The number of hydrogen-bond acceptors (Lipinski definition) is 4. The molecule has 3 aliphatic rings. The predicted octanol–water partition coefficient (Wildman–Crippen LogP) is 5.95. The monoisotopic (exact) mass is 573 g/mol. The summed E-state index contributed by atoms with van der Waals surface area (Å²) in [5.74, 6) is -0.298. The molecule has 5 unspecified atom stereocenters. The van der Waals surface area contributed by atoms with Crippen LogP contribution in [0.15, 0.2) is 48.5 Å². The average molecular weight is 574 g/mol. The second kappa shape index (κ2) is 11.4. The molecule has 2 saturated carbocycles. The molecule has 214 valence electrons. The van der Waals surface area contributed by atoms with E-state index in [0.29, 0.717) is 30.1 Å². The molecule has 0 radical (unpaired) electrons. The molecule has 2 aliphatic carbocycles. The van der Waals surface area contributed by atoms with Crippen LogP contribution in [0, 0.1) is 17.8 Å². The van der Waals surface area contributed by atoms with Crippen molar-refractivity contribution in [2.75, 3.05) is 6.54 Å². The van der Waals surface area contributed by atoms with Gasteiger partial charge in [0.25, 0.3) is 5.91 Å². The third-order valence-electron chi connectivity index (χ3n) is 9.45. The number of ketones is 2. The number of amides is 2.